The van der Waals surface area contributed by atoms with Gasteiger partial charge in [-0.15, -0.1) is 0 Å². The number of aromatic nitrogens is 3. The number of nitrogens with zero attached hydrogens (tertiary/aromatic N) is 3. The molecule has 2 heterocycles. The average molecular weight is 260 g/mol. The zero-order valence-corrected chi connectivity index (χ0v) is 11.9. The van der Waals surface area contributed by atoms with Gasteiger partial charge >= 0.3 is 0 Å². The highest BCUT2D eigenvalue weighted by Crippen LogP contribution is 2.22. The molecule has 0 aromatic carbocycles. The van der Waals surface area contributed by atoms with Crippen LogP contribution in [0.15, 0.2) is 18.3 Å². The first-order valence-electron chi connectivity index (χ1n) is 6.33. The molecular formula is C14H20N4O. The molecule has 0 spiro atoms. The summed E-state index contributed by atoms with van der Waals surface area (Å²) < 4.78 is 7.64. The molecule has 0 saturated heterocycles. The van der Waals surface area contributed by atoms with Crippen LogP contribution in [0.25, 0.3) is 0 Å². The number of nitrogens with one attached hydrogen (secondary N) is 1. The van der Waals surface area contributed by atoms with Gasteiger partial charge in [-0.25, -0.2) is 0 Å². The number of hydrogen-bond acceptors (Lipinski definition) is 4. The maximum Gasteiger partial charge on any atom is 0.163 e. The summed E-state index contributed by atoms with van der Waals surface area (Å²) in [5.74, 6) is 0.851. The molecule has 0 unspecified atom stereocenters. The average Bonchev–Trinajstić information content (AvgIpc) is 2.64. The molecule has 1 N–H and O–H groups in total. The van der Waals surface area contributed by atoms with Crippen LogP contribution in [-0.2, 0) is 20.2 Å². The van der Waals surface area contributed by atoms with Crippen LogP contribution in [0.1, 0.15) is 22.6 Å². The van der Waals surface area contributed by atoms with Gasteiger partial charge in [-0.1, -0.05) is 6.07 Å². The topological polar surface area (TPSA) is 52.0 Å². The molecule has 19 heavy (non-hydrogen) atoms. The lowest BCUT2D eigenvalue weighted by atomic mass is 10.2. The summed E-state index contributed by atoms with van der Waals surface area (Å²) in [6, 6.07) is 4.05. The van der Waals surface area contributed by atoms with Gasteiger partial charge in [-0.05, 0) is 32.5 Å². The molecule has 5 heteroatoms. The van der Waals surface area contributed by atoms with E-state index in [1.54, 1.807) is 0 Å². The maximum atomic E-state index is 5.81. The lowest BCUT2D eigenvalue weighted by molar-refractivity contribution is 0.297. The molecule has 0 bridgehead atoms. The molecule has 102 valence electrons. The normalized spacial score (nSPS) is 10.7. The second-order valence-electron chi connectivity index (χ2n) is 4.60. The first kappa shape index (κ1) is 13.5. The van der Waals surface area contributed by atoms with Crippen LogP contribution >= 0.6 is 0 Å². The van der Waals surface area contributed by atoms with Crippen molar-refractivity contribution in [2.24, 2.45) is 7.05 Å². The molecule has 0 amide bonds. The van der Waals surface area contributed by atoms with Crippen molar-refractivity contribution in [2.45, 2.75) is 27.0 Å². The van der Waals surface area contributed by atoms with Crippen molar-refractivity contribution in [3.63, 3.8) is 0 Å². The Morgan fingerprint density at radius 1 is 1.32 bits per heavy atom. The summed E-state index contributed by atoms with van der Waals surface area (Å²) in [7, 11) is 3.84. The van der Waals surface area contributed by atoms with E-state index in [2.05, 4.69) is 21.5 Å². The van der Waals surface area contributed by atoms with Gasteiger partial charge in [-0.3, -0.25) is 9.67 Å². The largest absolute Gasteiger partial charge is 0.483 e. The summed E-state index contributed by atoms with van der Waals surface area (Å²) in [6.07, 6.45) is 1.87. The third-order valence-electron chi connectivity index (χ3n) is 3.07. The molecule has 2 aromatic rings. The van der Waals surface area contributed by atoms with E-state index < -0.39 is 0 Å². The Kier molecular flexibility index (Phi) is 4.16. The highest BCUT2D eigenvalue weighted by Gasteiger charge is 2.10. The fourth-order valence-corrected chi connectivity index (χ4v) is 1.96. The predicted octanol–water partition coefficient (Wildman–Crippen LogP) is 1.73. The van der Waals surface area contributed by atoms with E-state index in [0.717, 1.165) is 29.4 Å². The van der Waals surface area contributed by atoms with Crippen LogP contribution in [0, 0.1) is 13.8 Å². The molecule has 0 saturated carbocycles. The van der Waals surface area contributed by atoms with Crippen LogP contribution in [0.3, 0.4) is 0 Å². The van der Waals surface area contributed by atoms with E-state index in [1.807, 2.05) is 44.9 Å². The fourth-order valence-electron chi connectivity index (χ4n) is 1.96. The number of rotatable bonds is 5. The molecule has 0 aliphatic heterocycles. The van der Waals surface area contributed by atoms with Crippen molar-refractivity contribution in [2.75, 3.05) is 7.05 Å². The number of ether oxygens (including phenoxy) is 1. The van der Waals surface area contributed by atoms with Gasteiger partial charge in [0.2, 0.25) is 0 Å². The van der Waals surface area contributed by atoms with Gasteiger partial charge in [0.1, 0.15) is 12.3 Å². The Morgan fingerprint density at radius 3 is 2.63 bits per heavy atom. The Bertz CT molecular complexity index is 545. The van der Waals surface area contributed by atoms with Crippen molar-refractivity contribution in [1.82, 2.24) is 20.1 Å². The minimum Gasteiger partial charge on any atom is -0.483 e. The minimum atomic E-state index is 0.465. The van der Waals surface area contributed by atoms with Crippen molar-refractivity contribution in [3.8, 4) is 5.75 Å². The van der Waals surface area contributed by atoms with Crippen molar-refractivity contribution in [3.05, 3.63) is 41.0 Å². The number of pyridine rings is 1. The Hall–Kier alpha value is -1.88. The molecule has 0 radical (unpaired) electrons. The Balaban J connectivity index is 2.02. The lowest BCUT2D eigenvalue weighted by Gasteiger charge is -2.07. The monoisotopic (exact) mass is 260 g/mol. The lowest BCUT2D eigenvalue weighted by Crippen LogP contribution is -2.06. The van der Waals surface area contributed by atoms with Crippen molar-refractivity contribution < 1.29 is 4.74 Å². The summed E-state index contributed by atoms with van der Waals surface area (Å²) >= 11 is 0. The van der Waals surface area contributed by atoms with Crippen LogP contribution in [0.4, 0.5) is 0 Å². The number of aryl methyl sites for hydroxylation is 2. The first-order valence-corrected chi connectivity index (χ1v) is 6.33. The van der Waals surface area contributed by atoms with Gasteiger partial charge in [-0.2, -0.15) is 5.10 Å². The molecule has 2 aromatic heterocycles. The highest BCUT2D eigenvalue weighted by molar-refractivity contribution is 5.31. The van der Waals surface area contributed by atoms with Crippen molar-refractivity contribution >= 4 is 0 Å². The van der Waals surface area contributed by atoms with Crippen LogP contribution in [0.2, 0.25) is 0 Å². The third kappa shape index (κ3) is 3.12. The maximum absolute atomic E-state index is 5.81. The standard InChI is InChI=1S/C14H20N4O/c1-10-14(11(2)18(4)17-10)19-9-13-6-5-12(7-15-3)8-16-13/h5-6,8,15H,7,9H2,1-4H3. The van der Waals surface area contributed by atoms with E-state index in [9.17, 15) is 0 Å². The minimum absolute atomic E-state index is 0.465. The van der Waals surface area contributed by atoms with Gasteiger partial charge in [0, 0.05) is 19.8 Å². The molecule has 0 aliphatic carbocycles. The quantitative estimate of drug-likeness (QED) is 0.889. The van der Waals surface area contributed by atoms with E-state index in [-0.39, 0.29) is 0 Å². The number of hydrogen-bond donors (Lipinski definition) is 1. The second-order valence-corrected chi connectivity index (χ2v) is 4.60. The molecule has 0 aliphatic rings. The fraction of sp³-hybridized carbons (Fsp3) is 0.429. The summed E-state index contributed by atoms with van der Waals surface area (Å²) in [6.45, 7) is 5.24. The predicted molar refractivity (Wildman–Crippen MR) is 74.0 cm³/mol. The molecule has 0 atom stereocenters. The molecular weight excluding hydrogens is 240 g/mol. The smallest absolute Gasteiger partial charge is 0.163 e. The zero-order chi connectivity index (χ0) is 13.8. The Morgan fingerprint density at radius 2 is 2.11 bits per heavy atom. The van der Waals surface area contributed by atoms with Gasteiger partial charge < -0.3 is 10.1 Å². The first-order chi connectivity index (χ1) is 9.11. The van der Waals surface area contributed by atoms with Gasteiger partial charge in [0.25, 0.3) is 0 Å². The van der Waals surface area contributed by atoms with E-state index in [1.165, 1.54) is 5.56 Å². The highest BCUT2D eigenvalue weighted by atomic mass is 16.5. The summed E-state index contributed by atoms with van der Waals surface area (Å²) in [5.41, 5.74) is 4.03. The molecule has 0 fully saturated rings. The SMILES string of the molecule is CNCc1ccc(COc2c(C)nn(C)c2C)nc1. The summed E-state index contributed by atoms with van der Waals surface area (Å²) in [5, 5.41) is 7.42. The van der Waals surface area contributed by atoms with E-state index in [4.69, 9.17) is 4.74 Å². The van der Waals surface area contributed by atoms with Crippen LogP contribution < -0.4 is 10.1 Å². The van der Waals surface area contributed by atoms with Crippen molar-refractivity contribution in [1.29, 1.82) is 0 Å². The van der Waals surface area contributed by atoms with Gasteiger partial charge in [0.15, 0.2) is 5.75 Å². The summed E-state index contributed by atoms with van der Waals surface area (Å²) in [4.78, 5) is 4.39. The second kappa shape index (κ2) is 5.84. The zero-order valence-electron chi connectivity index (χ0n) is 11.9. The molecule has 5 nitrogen and oxygen atoms in total. The van der Waals surface area contributed by atoms with E-state index in [0.29, 0.717) is 6.61 Å². The molecule has 2 rings (SSSR count). The third-order valence-corrected chi connectivity index (χ3v) is 3.07. The van der Waals surface area contributed by atoms with E-state index >= 15 is 0 Å². The van der Waals surface area contributed by atoms with Gasteiger partial charge in [0.05, 0.1) is 11.4 Å². The van der Waals surface area contributed by atoms with Crippen LogP contribution in [0.5, 0.6) is 5.75 Å². The Labute approximate surface area is 113 Å². The van der Waals surface area contributed by atoms with Crippen LogP contribution in [-0.4, -0.2) is 21.8 Å².